The maximum atomic E-state index is 13.6. The smallest absolute Gasteiger partial charge is 0.410 e. The van der Waals surface area contributed by atoms with Crippen molar-refractivity contribution < 1.29 is 13.9 Å². The SMILES string of the molecule is CC(C)(C)OC(=O)N1CCC(c2nc3n(c2Br)-c2ccc(F)cc2CC3)CC1. The number of carbonyl (C=O) groups excluding carboxylic acids is 1. The molecule has 2 aliphatic rings. The fourth-order valence-electron chi connectivity index (χ4n) is 4.02. The highest BCUT2D eigenvalue weighted by Gasteiger charge is 2.32. The first-order valence-electron chi connectivity index (χ1n) is 9.76. The second-order valence-electron chi connectivity index (χ2n) is 8.55. The number of hydrogen-bond acceptors (Lipinski definition) is 3. The van der Waals surface area contributed by atoms with Crippen LogP contribution in [0.3, 0.4) is 0 Å². The van der Waals surface area contributed by atoms with E-state index in [1.807, 2.05) is 26.8 Å². The van der Waals surface area contributed by atoms with Crippen molar-refractivity contribution in [3.8, 4) is 5.69 Å². The summed E-state index contributed by atoms with van der Waals surface area (Å²) in [6.07, 6.45) is 3.05. The molecule has 0 saturated carbocycles. The van der Waals surface area contributed by atoms with Gasteiger partial charge in [0.25, 0.3) is 0 Å². The van der Waals surface area contributed by atoms with Gasteiger partial charge in [0.05, 0.1) is 11.4 Å². The lowest BCUT2D eigenvalue weighted by Crippen LogP contribution is -2.41. The molecule has 2 aliphatic heterocycles. The number of likely N-dealkylation sites (tertiary alicyclic amines) is 1. The summed E-state index contributed by atoms with van der Waals surface area (Å²) in [6, 6.07) is 4.94. The number of halogens is 2. The number of carbonyl (C=O) groups is 1. The van der Waals surface area contributed by atoms with E-state index in [9.17, 15) is 9.18 Å². The Morgan fingerprint density at radius 3 is 2.64 bits per heavy atom. The van der Waals surface area contributed by atoms with Crippen molar-refractivity contribution in [2.24, 2.45) is 0 Å². The Bertz CT molecular complexity index is 911. The van der Waals surface area contributed by atoms with E-state index in [0.29, 0.717) is 13.1 Å². The lowest BCUT2D eigenvalue weighted by Gasteiger charge is -2.33. The highest BCUT2D eigenvalue weighted by atomic mass is 79.9. The van der Waals surface area contributed by atoms with Gasteiger partial charge in [0.15, 0.2) is 0 Å². The zero-order valence-electron chi connectivity index (χ0n) is 16.5. The minimum absolute atomic E-state index is 0.201. The molecule has 0 atom stereocenters. The van der Waals surface area contributed by atoms with Crippen molar-refractivity contribution in [2.45, 2.75) is 58.0 Å². The van der Waals surface area contributed by atoms with E-state index in [-0.39, 0.29) is 17.8 Å². The number of imidazole rings is 1. The van der Waals surface area contributed by atoms with Gasteiger partial charge in [-0.2, -0.15) is 0 Å². The minimum Gasteiger partial charge on any atom is -0.444 e. The Morgan fingerprint density at radius 1 is 1.25 bits per heavy atom. The molecule has 2 aromatic rings. The summed E-state index contributed by atoms with van der Waals surface area (Å²) >= 11 is 3.75. The molecule has 0 aliphatic carbocycles. The van der Waals surface area contributed by atoms with Crippen LogP contribution in [-0.4, -0.2) is 39.2 Å². The third-order valence-corrected chi connectivity index (χ3v) is 6.11. The van der Waals surface area contributed by atoms with Crippen molar-refractivity contribution in [3.05, 3.63) is 45.7 Å². The summed E-state index contributed by atoms with van der Waals surface area (Å²) < 4.78 is 22.1. The van der Waals surface area contributed by atoms with Gasteiger partial charge in [-0.05, 0) is 79.7 Å². The Hall–Kier alpha value is -1.89. The van der Waals surface area contributed by atoms with Gasteiger partial charge in [-0.15, -0.1) is 0 Å². The molecule has 0 spiro atoms. The summed E-state index contributed by atoms with van der Waals surface area (Å²) in [5.74, 6) is 1.10. The molecule has 150 valence electrons. The molecule has 1 aromatic heterocycles. The number of aryl methyl sites for hydroxylation is 2. The van der Waals surface area contributed by atoms with Crippen molar-refractivity contribution in [2.75, 3.05) is 13.1 Å². The van der Waals surface area contributed by atoms with E-state index in [1.54, 1.807) is 11.0 Å². The Balaban J connectivity index is 1.52. The molecule has 28 heavy (non-hydrogen) atoms. The average molecular weight is 450 g/mol. The number of benzene rings is 1. The fourth-order valence-corrected chi connectivity index (χ4v) is 4.82. The van der Waals surface area contributed by atoms with Gasteiger partial charge in [-0.25, -0.2) is 14.2 Å². The van der Waals surface area contributed by atoms with Gasteiger partial charge in [-0.1, -0.05) is 0 Å². The van der Waals surface area contributed by atoms with Crippen LogP contribution in [0.2, 0.25) is 0 Å². The number of hydrogen-bond donors (Lipinski definition) is 0. The van der Waals surface area contributed by atoms with Gasteiger partial charge < -0.3 is 9.64 Å². The number of aromatic nitrogens is 2. The van der Waals surface area contributed by atoms with Gasteiger partial charge >= 0.3 is 6.09 Å². The second-order valence-corrected chi connectivity index (χ2v) is 9.31. The minimum atomic E-state index is -0.479. The summed E-state index contributed by atoms with van der Waals surface area (Å²) in [6.45, 7) is 6.97. The molecule has 4 rings (SSSR count). The standard InChI is InChI=1S/C21H25BrFN3O2/c1-21(2,3)28-20(27)25-10-8-13(9-11-25)18-19(22)26-16-6-5-15(23)12-14(16)4-7-17(26)24-18/h5-6,12-13H,4,7-11H2,1-3H3. The van der Waals surface area contributed by atoms with Crippen molar-refractivity contribution in [1.29, 1.82) is 0 Å². The highest BCUT2D eigenvalue weighted by molar-refractivity contribution is 9.10. The van der Waals surface area contributed by atoms with Crippen LogP contribution in [0.4, 0.5) is 9.18 Å². The first kappa shape index (κ1) is 19.4. The number of fused-ring (bicyclic) bond motifs is 3. The third kappa shape index (κ3) is 3.69. The maximum Gasteiger partial charge on any atom is 0.410 e. The molecule has 3 heterocycles. The summed E-state index contributed by atoms with van der Waals surface area (Å²) in [5, 5.41) is 0. The van der Waals surface area contributed by atoms with E-state index in [1.165, 1.54) is 6.07 Å². The molecular formula is C21H25BrFN3O2. The Morgan fingerprint density at radius 2 is 1.96 bits per heavy atom. The molecule has 0 unspecified atom stereocenters. The van der Waals surface area contributed by atoms with Crippen LogP contribution in [0, 0.1) is 5.82 Å². The molecule has 1 fully saturated rings. The molecule has 5 nitrogen and oxygen atoms in total. The van der Waals surface area contributed by atoms with Gasteiger partial charge in [0.2, 0.25) is 0 Å². The second kappa shape index (κ2) is 7.17. The summed E-state index contributed by atoms with van der Waals surface area (Å²) in [4.78, 5) is 19.0. The predicted octanol–water partition coefficient (Wildman–Crippen LogP) is 4.99. The number of amides is 1. The molecule has 0 radical (unpaired) electrons. The van der Waals surface area contributed by atoms with Gasteiger partial charge in [-0.3, -0.25) is 4.57 Å². The van der Waals surface area contributed by atoms with Crippen LogP contribution in [0.5, 0.6) is 0 Å². The lowest BCUT2D eigenvalue weighted by atomic mass is 9.94. The molecule has 0 bridgehead atoms. The number of rotatable bonds is 1. The normalized spacial score (nSPS) is 17.2. The highest BCUT2D eigenvalue weighted by Crippen LogP contribution is 2.37. The van der Waals surface area contributed by atoms with E-state index >= 15 is 0 Å². The molecule has 1 amide bonds. The monoisotopic (exact) mass is 449 g/mol. The first-order chi connectivity index (χ1) is 13.2. The molecular weight excluding hydrogens is 425 g/mol. The maximum absolute atomic E-state index is 13.6. The Labute approximate surface area is 173 Å². The molecule has 1 aromatic carbocycles. The largest absolute Gasteiger partial charge is 0.444 e. The zero-order chi connectivity index (χ0) is 20.1. The van der Waals surface area contributed by atoms with Gasteiger partial charge in [0.1, 0.15) is 21.8 Å². The van der Waals surface area contributed by atoms with Crippen molar-refractivity contribution >= 4 is 22.0 Å². The van der Waals surface area contributed by atoms with Crippen molar-refractivity contribution in [3.63, 3.8) is 0 Å². The molecule has 0 N–H and O–H groups in total. The van der Waals surface area contributed by atoms with Crippen LogP contribution < -0.4 is 0 Å². The predicted molar refractivity (Wildman–Crippen MR) is 108 cm³/mol. The molecule has 1 saturated heterocycles. The quantitative estimate of drug-likeness (QED) is 0.615. The topological polar surface area (TPSA) is 47.4 Å². The van der Waals surface area contributed by atoms with Crippen LogP contribution in [0.25, 0.3) is 5.69 Å². The van der Waals surface area contributed by atoms with Crippen molar-refractivity contribution in [1.82, 2.24) is 14.5 Å². The molecule has 7 heteroatoms. The van der Waals surface area contributed by atoms with E-state index in [2.05, 4.69) is 20.5 Å². The van der Waals surface area contributed by atoms with E-state index in [4.69, 9.17) is 9.72 Å². The average Bonchev–Trinajstić information content (AvgIpc) is 2.97. The Kier molecular flexibility index (Phi) is 4.98. The summed E-state index contributed by atoms with van der Waals surface area (Å²) in [5.41, 5.74) is 2.57. The van der Waals surface area contributed by atoms with E-state index < -0.39 is 5.60 Å². The zero-order valence-corrected chi connectivity index (χ0v) is 18.1. The van der Waals surface area contributed by atoms with Crippen LogP contribution in [-0.2, 0) is 17.6 Å². The lowest BCUT2D eigenvalue weighted by molar-refractivity contribution is 0.0204. The summed E-state index contributed by atoms with van der Waals surface area (Å²) in [7, 11) is 0. The van der Waals surface area contributed by atoms with E-state index in [0.717, 1.165) is 53.1 Å². The first-order valence-corrected chi connectivity index (χ1v) is 10.6. The van der Waals surface area contributed by atoms with Gasteiger partial charge in [0, 0.05) is 25.4 Å². The van der Waals surface area contributed by atoms with Crippen LogP contribution in [0.1, 0.15) is 56.6 Å². The third-order valence-electron chi connectivity index (χ3n) is 5.35. The number of ether oxygens (including phenoxy) is 1. The van der Waals surface area contributed by atoms with Crippen LogP contribution in [0.15, 0.2) is 22.8 Å². The van der Waals surface area contributed by atoms with Crippen LogP contribution >= 0.6 is 15.9 Å². The number of nitrogens with zero attached hydrogens (tertiary/aromatic N) is 3. The fraction of sp³-hybridized carbons (Fsp3) is 0.524. The number of piperidine rings is 1.